The van der Waals surface area contributed by atoms with Crippen LogP contribution in [0.2, 0.25) is 10.0 Å². The number of nitrogens with one attached hydrogen (secondary N) is 3. The Balaban J connectivity index is 2.30. The van der Waals surface area contributed by atoms with E-state index in [2.05, 4.69) is 15.4 Å². The molecule has 0 aromatic heterocycles. The summed E-state index contributed by atoms with van der Waals surface area (Å²) in [6.07, 6.45) is 0.482. The van der Waals surface area contributed by atoms with E-state index in [0.29, 0.717) is 28.7 Å². The van der Waals surface area contributed by atoms with E-state index in [-0.39, 0.29) is 12.3 Å². The van der Waals surface area contributed by atoms with Gasteiger partial charge in [0.15, 0.2) is 0 Å². The number of anilines is 1. The largest absolute Gasteiger partial charge is 0.338 e. The summed E-state index contributed by atoms with van der Waals surface area (Å²) in [6.45, 7) is 2.16. The van der Waals surface area contributed by atoms with E-state index < -0.39 is 16.1 Å². The lowest BCUT2D eigenvalue weighted by atomic mass is 10.3. The normalized spacial score (nSPS) is 11.2. The molecule has 0 aliphatic heterocycles. The van der Waals surface area contributed by atoms with Crippen molar-refractivity contribution in [2.24, 2.45) is 0 Å². The van der Waals surface area contributed by atoms with Gasteiger partial charge in [-0.2, -0.15) is 0 Å². The predicted molar refractivity (Wildman–Crippen MR) is 85.6 cm³/mol. The van der Waals surface area contributed by atoms with Gasteiger partial charge in [0.25, 0.3) is 0 Å². The fourth-order valence-electron chi connectivity index (χ4n) is 1.38. The molecule has 6 nitrogen and oxygen atoms in total. The number of carbonyl (C=O) groups is 1. The summed E-state index contributed by atoms with van der Waals surface area (Å²) in [7, 11) is -3.19. The molecular formula is C12H17Cl2N3O3S. The van der Waals surface area contributed by atoms with Crippen LogP contribution in [-0.2, 0) is 10.0 Å². The summed E-state index contributed by atoms with van der Waals surface area (Å²) in [5.41, 5.74) is 0.411. The standard InChI is InChI=1S/C12H17Cl2N3O3S/c1-2-21(19,20)16-7-3-6-15-12(18)17-11-8-9(13)4-5-10(11)14/h4-5,8,16H,2-3,6-7H2,1H3,(H2,15,17,18). The molecule has 0 aliphatic rings. The third-order valence-corrected chi connectivity index (χ3v) is 4.49. The second kappa shape index (κ2) is 8.43. The molecule has 3 N–H and O–H groups in total. The Labute approximate surface area is 134 Å². The van der Waals surface area contributed by atoms with Crippen molar-refractivity contribution in [2.75, 3.05) is 24.2 Å². The fraction of sp³-hybridized carbons (Fsp3) is 0.417. The van der Waals surface area contributed by atoms with Crippen molar-refractivity contribution >= 4 is 44.9 Å². The van der Waals surface area contributed by atoms with Crippen LogP contribution in [0.25, 0.3) is 0 Å². The highest BCUT2D eigenvalue weighted by Crippen LogP contribution is 2.25. The van der Waals surface area contributed by atoms with Crippen LogP contribution in [0, 0.1) is 0 Å². The van der Waals surface area contributed by atoms with Crippen LogP contribution < -0.4 is 15.4 Å². The van der Waals surface area contributed by atoms with Crippen molar-refractivity contribution < 1.29 is 13.2 Å². The lowest BCUT2D eigenvalue weighted by Crippen LogP contribution is -2.33. The lowest BCUT2D eigenvalue weighted by molar-refractivity contribution is 0.252. The first-order valence-electron chi connectivity index (χ1n) is 6.31. The van der Waals surface area contributed by atoms with Gasteiger partial charge in [-0.1, -0.05) is 23.2 Å². The zero-order valence-corrected chi connectivity index (χ0v) is 13.8. The van der Waals surface area contributed by atoms with Crippen LogP contribution in [0.4, 0.5) is 10.5 Å². The van der Waals surface area contributed by atoms with E-state index in [1.165, 1.54) is 0 Å². The van der Waals surface area contributed by atoms with Crippen molar-refractivity contribution in [1.82, 2.24) is 10.0 Å². The van der Waals surface area contributed by atoms with Crippen LogP contribution in [-0.4, -0.2) is 33.3 Å². The smallest absolute Gasteiger partial charge is 0.319 e. The van der Waals surface area contributed by atoms with Crippen molar-refractivity contribution in [1.29, 1.82) is 0 Å². The molecule has 0 saturated carbocycles. The molecule has 0 saturated heterocycles. The molecule has 0 heterocycles. The number of carbonyl (C=O) groups excluding carboxylic acids is 1. The average Bonchev–Trinajstić information content (AvgIpc) is 2.42. The molecule has 0 spiro atoms. The van der Waals surface area contributed by atoms with Gasteiger partial charge in [0.05, 0.1) is 16.5 Å². The van der Waals surface area contributed by atoms with E-state index in [4.69, 9.17) is 23.2 Å². The summed E-state index contributed by atoms with van der Waals surface area (Å²) in [4.78, 5) is 11.6. The average molecular weight is 354 g/mol. The Morgan fingerprint density at radius 2 is 1.95 bits per heavy atom. The van der Waals surface area contributed by atoms with Gasteiger partial charge in [0.1, 0.15) is 0 Å². The second-order valence-corrected chi connectivity index (χ2v) is 7.10. The first kappa shape index (κ1) is 18.0. The Morgan fingerprint density at radius 1 is 1.24 bits per heavy atom. The van der Waals surface area contributed by atoms with Gasteiger partial charge in [-0.3, -0.25) is 0 Å². The molecule has 2 amide bonds. The molecule has 0 unspecified atom stereocenters. The van der Waals surface area contributed by atoms with Crippen molar-refractivity contribution in [2.45, 2.75) is 13.3 Å². The monoisotopic (exact) mass is 353 g/mol. The number of urea groups is 1. The third-order valence-electron chi connectivity index (χ3n) is 2.52. The highest BCUT2D eigenvalue weighted by molar-refractivity contribution is 7.89. The molecule has 9 heteroatoms. The summed E-state index contributed by atoms with van der Waals surface area (Å²) in [5, 5.41) is 6.00. The maximum Gasteiger partial charge on any atom is 0.319 e. The maximum absolute atomic E-state index is 11.6. The summed E-state index contributed by atoms with van der Waals surface area (Å²) < 4.78 is 24.7. The van der Waals surface area contributed by atoms with Gasteiger partial charge in [-0.05, 0) is 31.5 Å². The highest BCUT2D eigenvalue weighted by Gasteiger charge is 2.07. The third kappa shape index (κ3) is 6.99. The summed E-state index contributed by atoms with van der Waals surface area (Å²) in [5.74, 6) is 0.0359. The van der Waals surface area contributed by atoms with Gasteiger partial charge in [-0.25, -0.2) is 17.9 Å². The number of halogens is 2. The van der Waals surface area contributed by atoms with Crippen LogP contribution in [0.1, 0.15) is 13.3 Å². The predicted octanol–water partition coefficient (Wildman–Crippen LogP) is 2.44. The molecule has 1 aromatic carbocycles. The molecule has 1 rings (SSSR count). The number of hydrogen-bond donors (Lipinski definition) is 3. The van der Waals surface area contributed by atoms with Crippen LogP contribution >= 0.6 is 23.2 Å². The zero-order valence-electron chi connectivity index (χ0n) is 11.4. The molecule has 0 radical (unpaired) electrons. The number of hydrogen-bond acceptors (Lipinski definition) is 3. The summed E-state index contributed by atoms with van der Waals surface area (Å²) >= 11 is 11.7. The highest BCUT2D eigenvalue weighted by atomic mass is 35.5. The van der Waals surface area contributed by atoms with Crippen LogP contribution in [0.5, 0.6) is 0 Å². The van der Waals surface area contributed by atoms with Crippen molar-refractivity contribution in [3.8, 4) is 0 Å². The van der Waals surface area contributed by atoms with Gasteiger partial charge >= 0.3 is 6.03 Å². The molecule has 118 valence electrons. The Morgan fingerprint density at radius 3 is 2.62 bits per heavy atom. The van der Waals surface area contributed by atoms with E-state index in [1.807, 2.05) is 0 Å². The van der Waals surface area contributed by atoms with Crippen LogP contribution in [0.3, 0.4) is 0 Å². The van der Waals surface area contributed by atoms with E-state index in [1.54, 1.807) is 25.1 Å². The minimum Gasteiger partial charge on any atom is -0.338 e. The molecule has 0 fully saturated rings. The Hall–Kier alpha value is -1.02. The van der Waals surface area contributed by atoms with Gasteiger partial charge in [0.2, 0.25) is 10.0 Å². The van der Waals surface area contributed by atoms with Crippen LogP contribution in [0.15, 0.2) is 18.2 Å². The summed E-state index contributed by atoms with van der Waals surface area (Å²) in [6, 6.07) is 4.31. The van der Waals surface area contributed by atoms with Gasteiger partial charge in [-0.15, -0.1) is 0 Å². The van der Waals surface area contributed by atoms with E-state index in [0.717, 1.165) is 0 Å². The molecule has 0 bridgehead atoms. The quantitative estimate of drug-likeness (QED) is 0.658. The molecule has 1 aromatic rings. The number of rotatable bonds is 7. The number of amides is 2. The maximum atomic E-state index is 11.6. The lowest BCUT2D eigenvalue weighted by Gasteiger charge is -2.09. The van der Waals surface area contributed by atoms with Gasteiger partial charge in [0, 0.05) is 18.1 Å². The van der Waals surface area contributed by atoms with Crippen molar-refractivity contribution in [3.05, 3.63) is 28.2 Å². The van der Waals surface area contributed by atoms with E-state index in [9.17, 15) is 13.2 Å². The van der Waals surface area contributed by atoms with Crippen molar-refractivity contribution in [3.63, 3.8) is 0 Å². The minimum absolute atomic E-state index is 0.0359. The Kier molecular flexibility index (Phi) is 7.24. The molecule has 0 atom stereocenters. The molecular weight excluding hydrogens is 337 g/mol. The zero-order chi connectivity index (χ0) is 15.9. The fourth-order valence-corrected chi connectivity index (χ4v) is 2.38. The molecule has 21 heavy (non-hydrogen) atoms. The first-order valence-corrected chi connectivity index (χ1v) is 8.72. The Bertz CT molecular complexity index is 593. The number of sulfonamides is 1. The second-order valence-electron chi connectivity index (χ2n) is 4.16. The first-order chi connectivity index (χ1) is 9.84. The number of benzene rings is 1. The van der Waals surface area contributed by atoms with E-state index >= 15 is 0 Å². The molecule has 0 aliphatic carbocycles. The SMILES string of the molecule is CCS(=O)(=O)NCCCNC(=O)Nc1cc(Cl)ccc1Cl. The minimum atomic E-state index is -3.19. The van der Waals surface area contributed by atoms with Gasteiger partial charge < -0.3 is 10.6 Å². The topological polar surface area (TPSA) is 87.3 Å².